The number of pyridine rings is 1. The van der Waals surface area contributed by atoms with Crippen molar-refractivity contribution in [1.29, 1.82) is 0 Å². The van der Waals surface area contributed by atoms with Crippen LogP contribution in [0, 0.1) is 0 Å². The summed E-state index contributed by atoms with van der Waals surface area (Å²) in [5, 5.41) is 5.46. The number of nitrogens with one attached hydrogen (secondary N) is 1. The molecule has 0 unspecified atom stereocenters. The van der Waals surface area contributed by atoms with Crippen molar-refractivity contribution < 1.29 is 4.74 Å². The van der Waals surface area contributed by atoms with Crippen LogP contribution in [0.25, 0.3) is 21.8 Å². The highest BCUT2D eigenvalue weighted by molar-refractivity contribution is 6.03. The van der Waals surface area contributed by atoms with E-state index in [0.29, 0.717) is 17.8 Å². The maximum Gasteiger partial charge on any atom is 0.228 e. The van der Waals surface area contributed by atoms with E-state index >= 15 is 0 Å². The summed E-state index contributed by atoms with van der Waals surface area (Å²) >= 11 is 0. The van der Waals surface area contributed by atoms with Gasteiger partial charge in [-0.15, -0.1) is 0 Å². The van der Waals surface area contributed by atoms with E-state index in [4.69, 9.17) is 9.72 Å². The van der Waals surface area contributed by atoms with Crippen LogP contribution in [0.4, 0.5) is 17.5 Å². The Morgan fingerprint density at radius 1 is 1.03 bits per heavy atom. The largest absolute Gasteiger partial charge is 0.494 e. The number of fused-ring (bicyclic) bond motifs is 3. The van der Waals surface area contributed by atoms with E-state index in [1.54, 1.807) is 7.11 Å². The molecule has 0 bridgehead atoms. The fourth-order valence-electron chi connectivity index (χ4n) is 4.55. The quantitative estimate of drug-likeness (QED) is 0.470. The van der Waals surface area contributed by atoms with Gasteiger partial charge in [0.2, 0.25) is 5.95 Å². The number of anilines is 3. The molecule has 1 aliphatic heterocycles. The molecule has 0 saturated carbocycles. The molecule has 1 saturated heterocycles. The summed E-state index contributed by atoms with van der Waals surface area (Å²) in [6.45, 7) is 11.7. The van der Waals surface area contributed by atoms with Crippen molar-refractivity contribution >= 4 is 39.3 Å². The van der Waals surface area contributed by atoms with E-state index in [0.717, 1.165) is 60.6 Å². The van der Waals surface area contributed by atoms with E-state index in [2.05, 4.69) is 74.8 Å². The molecular formula is C25H31N7O. The molecule has 1 aliphatic rings. The Hall–Kier alpha value is -3.39. The monoisotopic (exact) mass is 445 g/mol. The Kier molecular flexibility index (Phi) is 5.76. The van der Waals surface area contributed by atoms with Gasteiger partial charge in [-0.25, -0.2) is 15.0 Å². The lowest BCUT2D eigenvalue weighted by Crippen LogP contribution is -2.46. The Morgan fingerprint density at radius 2 is 1.82 bits per heavy atom. The number of ether oxygens (including phenoxy) is 1. The van der Waals surface area contributed by atoms with Crippen molar-refractivity contribution in [2.45, 2.75) is 26.8 Å². The highest BCUT2D eigenvalue weighted by atomic mass is 16.5. The molecule has 3 aromatic heterocycles. The number of piperazine rings is 1. The minimum absolute atomic E-state index is 0.345. The van der Waals surface area contributed by atoms with Gasteiger partial charge >= 0.3 is 0 Å². The van der Waals surface area contributed by atoms with Gasteiger partial charge in [-0.1, -0.05) is 19.1 Å². The molecule has 4 heterocycles. The molecule has 0 amide bonds. The van der Waals surface area contributed by atoms with Crippen LogP contribution in [0.15, 0.2) is 42.9 Å². The summed E-state index contributed by atoms with van der Waals surface area (Å²) in [5.74, 6) is 1.98. The second-order valence-corrected chi connectivity index (χ2v) is 8.74. The molecular weight excluding hydrogens is 414 g/mol. The first-order valence-electron chi connectivity index (χ1n) is 11.6. The molecule has 0 radical (unpaired) electrons. The summed E-state index contributed by atoms with van der Waals surface area (Å²) in [6.07, 6.45) is 5.86. The maximum atomic E-state index is 5.71. The van der Waals surface area contributed by atoms with Crippen LogP contribution in [0.2, 0.25) is 0 Å². The molecule has 0 atom stereocenters. The maximum absolute atomic E-state index is 5.71. The Bertz CT molecular complexity index is 1270. The van der Waals surface area contributed by atoms with Gasteiger partial charge < -0.3 is 24.4 Å². The SMILES string of the molecule is CCN1CCN(c2cnc(Nc3ncc4ccc5ccn(C(C)C)c5c4n3)cc2OC)CC1. The van der Waals surface area contributed by atoms with E-state index in [9.17, 15) is 0 Å². The lowest BCUT2D eigenvalue weighted by atomic mass is 10.2. The average Bonchev–Trinajstić information content (AvgIpc) is 3.29. The third-order valence-corrected chi connectivity index (χ3v) is 6.45. The lowest BCUT2D eigenvalue weighted by molar-refractivity contribution is 0.270. The minimum atomic E-state index is 0.345. The standard InChI is InChI=1S/C25H31N7O/c1-5-30-10-12-31(13-11-30)20-16-26-22(14-21(20)33-4)28-25-27-15-19-7-6-18-8-9-32(17(2)3)24(18)23(19)29-25/h6-9,14-17H,5,10-13H2,1-4H3,(H,26,27,28,29). The van der Waals surface area contributed by atoms with Gasteiger partial charge in [0.25, 0.3) is 0 Å². The zero-order valence-electron chi connectivity index (χ0n) is 19.7. The van der Waals surface area contributed by atoms with Gasteiger partial charge in [-0.05, 0) is 26.5 Å². The van der Waals surface area contributed by atoms with Crippen LogP contribution in [-0.4, -0.2) is 64.3 Å². The van der Waals surface area contributed by atoms with Crippen molar-refractivity contribution in [2.24, 2.45) is 0 Å². The third-order valence-electron chi connectivity index (χ3n) is 6.45. The van der Waals surface area contributed by atoms with Gasteiger partial charge in [-0.3, -0.25) is 0 Å². The van der Waals surface area contributed by atoms with Crippen molar-refractivity contribution in [2.75, 3.05) is 50.1 Å². The average molecular weight is 446 g/mol. The van der Waals surface area contributed by atoms with Crippen LogP contribution >= 0.6 is 0 Å². The summed E-state index contributed by atoms with van der Waals surface area (Å²) < 4.78 is 7.96. The van der Waals surface area contributed by atoms with Gasteiger partial charge in [0.05, 0.1) is 24.5 Å². The van der Waals surface area contributed by atoms with Gasteiger partial charge in [-0.2, -0.15) is 0 Å². The second kappa shape index (κ2) is 8.86. The molecule has 0 aliphatic carbocycles. The zero-order valence-corrected chi connectivity index (χ0v) is 19.7. The van der Waals surface area contributed by atoms with Gasteiger partial charge in [0.15, 0.2) is 0 Å². The van der Waals surface area contributed by atoms with Gasteiger partial charge in [0, 0.05) is 61.5 Å². The second-order valence-electron chi connectivity index (χ2n) is 8.74. The molecule has 0 spiro atoms. The molecule has 5 rings (SSSR count). The summed E-state index contributed by atoms with van der Waals surface area (Å²) in [7, 11) is 1.70. The number of benzene rings is 1. The number of rotatable bonds is 6. The third kappa shape index (κ3) is 4.06. The summed E-state index contributed by atoms with van der Waals surface area (Å²) in [4.78, 5) is 18.8. The minimum Gasteiger partial charge on any atom is -0.494 e. The fourth-order valence-corrected chi connectivity index (χ4v) is 4.55. The number of hydrogen-bond donors (Lipinski definition) is 1. The summed E-state index contributed by atoms with van der Waals surface area (Å²) in [6, 6.07) is 8.60. The molecule has 172 valence electrons. The lowest BCUT2D eigenvalue weighted by Gasteiger charge is -2.35. The van der Waals surface area contributed by atoms with Crippen LogP contribution in [-0.2, 0) is 0 Å². The van der Waals surface area contributed by atoms with Crippen LogP contribution < -0.4 is 15.0 Å². The predicted octanol–water partition coefficient (Wildman–Crippen LogP) is 4.45. The predicted molar refractivity (Wildman–Crippen MR) is 134 cm³/mol. The number of methoxy groups -OCH3 is 1. The van der Waals surface area contributed by atoms with E-state index in [1.165, 1.54) is 5.39 Å². The van der Waals surface area contributed by atoms with Crippen LogP contribution in [0.1, 0.15) is 26.8 Å². The highest BCUT2D eigenvalue weighted by Gasteiger charge is 2.20. The number of hydrogen-bond acceptors (Lipinski definition) is 7. The van der Waals surface area contributed by atoms with Crippen LogP contribution in [0.5, 0.6) is 5.75 Å². The van der Waals surface area contributed by atoms with E-state index in [1.807, 2.05) is 18.5 Å². The molecule has 33 heavy (non-hydrogen) atoms. The summed E-state index contributed by atoms with van der Waals surface area (Å²) in [5.41, 5.74) is 3.08. The van der Waals surface area contributed by atoms with Crippen molar-refractivity contribution in [3.05, 3.63) is 42.9 Å². The van der Waals surface area contributed by atoms with Crippen molar-refractivity contribution in [3.8, 4) is 5.75 Å². The first-order chi connectivity index (χ1) is 16.1. The fraction of sp³-hybridized carbons (Fsp3) is 0.400. The Morgan fingerprint density at radius 3 is 2.55 bits per heavy atom. The Balaban J connectivity index is 1.44. The molecule has 1 fully saturated rings. The Labute approximate surface area is 194 Å². The molecule has 1 N–H and O–H groups in total. The molecule has 1 aromatic carbocycles. The van der Waals surface area contributed by atoms with Crippen molar-refractivity contribution in [3.63, 3.8) is 0 Å². The number of aromatic nitrogens is 4. The topological polar surface area (TPSA) is 71.3 Å². The van der Waals surface area contributed by atoms with Crippen molar-refractivity contribution in [1.82, 2.24) is 24.4 Å². The highest BCUT2D eigenvalue weighted by Crippen LogP contribution is 2.32. The first kappa shape index (κ1) is 21.5. The van der Waals surface area contributed by atoms with Gasteiger partial charge in [0.1, 0.15) is 17.1 Å². The molecule has 8 heteroatoms. The number of nitrogens with zero attached hydrogens (tertiary/aromatic N) is 6. The smallest absolute Gasteiger partial charge is 0.228 e. The first-order valence-corrected chi connectivity index (χ1v) is 11.6. The van der Waals surface area contributed by atoms with E-state index < -0.39 is 0 Å². The van der Waals surface area contributed by atoms with Crippen LogP contribution in [0.3, 0.4) is 0 Å². The normalized spacial score (nSPS) is 15.0. The molecule has 8 nitrogen and oxygen atoms in total. The zero-order chi connectivity index (χ0) is 22.9. The van der Waals surface area contributed by atoms with E-state index in [-0.39, 0.29) is 0 Å². The number of likely N-dealkylation sites (N-methyl/N-ethyl adjacent to an activating group) is 1. The molecule has 4 aromatic rings.